The molecule has 0 bridgehead atoms. The summed E-state index contributed by atoms with van der Waals surface area (Å²) in [4.78, 5) is 28.0. The molecule has 192 valence electrons. The van der Waals surface area contributed by atoms with Gasteiger partial charge in [-0.05, 0) is 39.0 Å². The van der Waals surface area contributed by atoms with E-state index in [1.165, 1.54) is 19.2 Å². The first-order chi connectivity index (χ1) is 16.5. The number of benzene rings is 1. The smallest absolute Gasteiger partial charge is 0.459 e. The van der Waals surface area contributed by atoms with Crippen LogP contribution in [0.3, 0.4) is 0 Å². The minimum Gasteiger partial charge on any atom is -0.462 e. The van der Waals surface area contributed by atoms with Crippen molar-refractivity contribution in [2.45, 2.75) is 57.4 Å². The number of nitrogens with one attached hydrogen (secondary N) is 1. The van der Waals surface area contributed by atoms with Crippen molar-refractivity contribution < 1.29 is 33.0 Å². The lowest BCUT2D eigenvalue weighted by Crippen LogP contribution is -2.42. The fourth-order valence-corrected chi connectivity index (χ4v) is 4.78. The van der Waals surface area contributed by atoms with Gasteiger partial charge in [0.25, 0.3) is 0 Å². The van der Waals surface area contributed by atoms with Gasteiger partial charge in [-0.2, -0.15) is 10.1 Å². The molecule has 3 rings (SSSR count). The summed E-state index contributed by atoms with van der Waals surface area (Å²) in [6.45, 7) is 4.37. The van der Waals surface area contributed by atoms with E-state index in [0.29, 0.717) is 0 Å². The van der Waals surface area contributed by atoms with Gasteiger partial charge in [-0.15, -0.1) is 0 Å². The predicted molar refractivity (Wildman–Crippen MR) is 125 cm³/mol. The number of esters is 1. The van der Waals surface area contributed by atoms with E-state index in [2.05, 4.69) is 10.1 Å². The molecule has 0 aliphatic carbocycles. The molecule has 14 heteroatoms. The van der Waals surface area contributed by atoms with Gasteiger partial charge in [0, 0.05) is 6.20 Å². The highest BCUT2D eigenvalue weighted by molar-refractivity contribution is 7.52. The van der Waals surface area contributed by atoms with Gasteiger partial charge >= 0.3 is 19.4 Å². The Bertz CT molecular complexity index is 1110. The van der Waals surface area contributed by atoms with Crippen LogP contribution < -0.4 is 26.8 Å². The van der Waals surface area contributed by atoms with E-state index in [0.717, 1.165) is 4.57 Å². The number of ether oxygens (including phenoxy) is 2. The standard InChI is InChI=1S/C21H30N5O8P/c1-12(2)32-20(28)13(3)25-35(30,34-14-7-5-4-6-8-14)31-11-15-18(27)17(23)19(33-15)26-10-9-16(22)24-21(26)29/h4-10,12-13,15,17-19,27H,11,23H2,1-3H3,(H,25,30)(H2,22,24,29)/t13-,15+,17+,18+,19+,35+/m0/s1. The molecular formula is C21H30N5O8P. The summed E-state index contributed by atoms with van der Waals surface area (Å²) in [7, 11) is -4.18. The second-order valence-electron chi connectivity index (χ2n) is 8.21. The number of carbonyl (C=O) groups is 1. The van der Waals surface area contributed by atoms with Crippen LogP contribution >= 0.6 is 7.75 Å². The molecular weight excluding hydrogens is 481 g/mol. The van der Waals surface area contributed by atoms with Crippen molar-refractivity contribution in [2.24, 2.45) is 5.73 Å². The topological polar surface area (TPSA) is 190 Å². The zero-order valence-electron chi connectivity index (χ0n) is 19.5. The molecule has 2 heterocycles. The molecule has 35 heavy (non-hydrogen) atoms. The predicted octanol–water partition coefficient (Wildman–Crippen LogP) is 0.545. The maximum atomic E-state index is 13.6. The van der Waals surface area contributed by atoms with E-state index < -0.39 is 56.5 Å². The van der Waals surface area contributed by atoms with E-state index >= 15 is 0 Å². The second-order valence-corrected chi connectivity index (χ2v) is 9.90. The molecule has 1 aliphatic heterocycles. The van der Waals surface area contributed by atoms with Gasteiger partial charge in [-0.1, -0.05) is 18.2 Å². The SMILES string of the molecule is CC(C)OC(=O)[C@H](C)N[P@@](=O)(OC[C@H]1O[C@@H](n2ccc(N)nc2=O)[C@H](N)[C@@H]1O)Oc1ccccc1. The largest absolute Gasteiger partial charge is 0.462 e. The Morgan fingerprint density at radius 2 is 1.97 bits per heavy atom. The minimum absolute atomic E-state index is 0.0217. The van der Waals surface area contributed by atoms with Crippen LogP contribution in [0, 0.1) is 0 Å². The lowest BCUT2D eigenvalue weighted by molar-refractivity contribution is -0.149. The fraction of sp³-hybridized carbons (Fsp3) is 0.476. The van der Waals surface area contributed by atoms with Crippen LogP contribution in [0.1, 0.15) is 27.0 Å². The lowest BCUT2D eigenvalue weighted by atomic mass is 10.1. The zero-order valence-corrected chi connectivity index (χ0v) is 20.4. The Balaban J connectivity index is 1.75. The van der Waals surface area contributed by atoms with Gasteiger partial charge in [0.2, 0.25) is 0 Å². The van der Waals surface area contributed by atoms with E-state index in [1.54, 1.807) is 44.2 Å². The maximum Gasteiger partial charge on any atom is 0.459 e. The van der Waals surface area contributed by atoms with Crippen molar-refractivity contribution in [1.82, 2.24) is 14.6 Å². The average molecular weight is 511 g/mol. The molecule has 1 aliphatic rings. The number of hydrogen-bond acceptors (Lipinski definition) is 11. The molecule has 0 radical (unpaired) electrons. The molecule has 0 spiro atoms. The quantitative estimate of drug-likeness (QED) is 0.256. The van der Waals surface area contributed by atoms with Crippen molar-refractivity contribution in [1.29, 1.82) is 0 Å². The number of nitrogens with zero attached hydrogens (tertiary/aromatic N) is 2. The van der Waals surface area contributed by atoms with Crippen molar-refractivity contribution in [3.05, 3.63) is 53.1 Å². The Labute approximate surface area is 201 Å². The highest BCUT2D eigenvalue weighted by Crippen LogP contribution is 2.45. The molecule has 1 saturated heterocycles. The van der Waals surface area contributed by atoms with Crippen LogP contribution in [0.25, 0.3) is 0 Å². The fourth-order valence-electron chi connectivity index (χ4n) is 3.28. The van der Waals surface area contributed by atoms with Crippen molar-refractivity contribution in [3.8, 4) is 5.75 Å². The molecule has 0 saturated carbocycles. The summed E-state index contributed by atoms with van der Waals surface area (Å²) >= 11 is 0. The molecule has 13 nitrogen and oxygen atoms in total. The third kappa shape index (κ3) is 6.88. The monoisotopic (exact) mass is 511 g/mol. The summed E-state index contributed by atoms with van der Waals surface area (Å²) in [5.41, 5.74) is 10.9. The van der Waals surface area contributed by atoms with Gasteiger partial charge < -0.3 is 30.6 Å². The first-order valence-corrected chi connectivity index (χ1v) is 12.4. The third-order valence-corrected chi connectivity index (χ3v) is 6.62. The van der Waals surface area contributed by atoms with E-state index in [-0.39, 0.29) is 17.7 Å². The number of anilines is 1. The van der Waals surface area contributed by atoms with Crippen LogP contribution in [0.15, 0.2) is 47.4 Å². The zero-order chi connectivity index (χ0) is 25.8. The minimum atomic E-state index is -4.18. The van der Waals surface area contributed by atoms with Gasteiger partial charge in [-0.3, -0.25) is 13.9 Å². The Morgan fingerprint density at radius 3 is 2.60 bits per heavy atom. The molecule has 0 unspecified atom stereocenters. The summed E-state index contributed by atoms with van der Waals surface area (Å²) in [5, 5.41) is 13.1. The van der Waals surface area contributed by atoms with Crippen molar-refractivity contribution >= 4 is 19.5 Å². The number of hydrogen-bond donors (Lipinski definition) is 4. The number of para-hydroxylation sites is 1. The first kappa shape index (κ1) is 26.8. The number of aromatic nitrogens is 2. The maximum absolute atomic E-state index is 13.6. The Morgan fingerprint density at radius 1 is 1.29 bits per heavy atom. The Kier molecular flexibility index (Phi) is 8.65. The highest BCUT2D eigenvalue weighted by atomic mass is 31.2. The molecule has 0 amide bonds. The second kappa shape index (κ2) is 11.3. The van der Waals surface area contributed by atoms with E-state index in [4.69, 9.17) is 30.0 Å². The number of carbonyl (C=O) groups excluding carboxylic acids is 1. The number of nitrogens with two attached hydrogens (primary N) is 2. The first-order valence-electron chi connectivity index (χ1n) is 10.9. The van der Waals surface area contributed by atoms with Crippen LogP contribution in [-0.2, 0) is 23.4 Å². The lowest BCUT2D eigenvalue weighted by Gasteiger charge is -2.25. The van der Waals surface area contributed by atoms with E-state index in [1.807, 2.05) is 0 Å². The van der Waals surface area contributed by atoms with Crippen LogP contribution in [-0.4, -0.2) is 57.6 Å². The summed E-state index contributed by atoms with van der Waals surface area (Å²) in [6, 6.07) is 7.52. The van der Waals surface area contributed by atoms with Crippen molar-refractivity contribution in [3.63, 3.8) is 0 Å². The summed E-state index contributed by atoms with van der Waals surface area (Å²) < 4.78 is 36.6. The van der Waals surface area contributed by atoms with Crippen LogP contribution in [0.4, 0.5) is 5.82 Å². The van der Waals surface area contributed by atoms with Crippen molar-refractivity contribution in [2.75, 3.05) is 12.3 Å². The summed E-state index contributed by atoms with van der Waals surface area (Å²) in [6.07, 6.45) is -2.46. The van der Waals surface area contributed by atoms with Crippen LogP contribution in [0.5, 0.6) is 5.75 Å². The average Bonchev–Trinajstić information content (AvgIpc) is 3.06. The Hall–Kier alpha value is -2.80. The van der Waals surface area contributed by atoms with Gasteiger partial charge in [0.1, 0.15) is 29.8 Å². The number of nitrogen functional groups attached to an aromatic ring is 1. The van der Waals surface area contributed by atoms with E-state index in [9.17, 15) is 19.3 Å². The molecule has 1 aromatic heterocycles. The molecule has 6 N–H and O–H groups in total. The van der Waals surface area contributed by atoms with Gasteiger partial charge in [-0.25, -0.2) is 9.36 Å². The van der Waals surface area contributed by atoms with Crippen LogP contribution in [0.2, 0.25) is 0 Å². The normalized spacial score (nSPS) is 24.6. The van der Waals surface area contributed by atoms with Gasteiger partial charge in [0.05, 0.1) is 18.8 Å². The third-order valence-electron chi connectivity index (χ3n) is 4.98. The molecule has 6 atom stereocenters. The van der Waals surface area contributed by atoms with Gasteiger partial charge in [0.15, 0.2) is 6.23 Å². The number of aliphatic hydroxyl groups excluding tert-OH is 1. The molecule has 1 aromatic carbocycles. The molecule has 2 aromatic rings. The number of rotatable bonds is 10. The molecule has 1 fully saturated rings. The highest BCUT2D eigenvalue weighted by Gasteiger charge is 2.44. The number of aliphatic hydroxyl groups is 1. The summed E-state index contributed by atoms with van der Waals surface area (Å²) in [5.74, 6) is -0.418.